The molecule has 8 nitrogen and oxygen atoms in total. The molecule has 0 bridgehead atoms. The van der Waals surface area contributed by atoms with Crippen molar-refractivity contribution in [2.45, 2.75) is 39.9 Å². The maximum atomic E-state index is 14.2. The number of thiazole rings is 1. The number of aromatic nitrogens is 1. The Morgan fingerprint density at radius 2 is 1.85 bits per heavy atom. The highest BCUT2D eigenvalue weighted by atomic mass is 32.1. The van der Waals surface area contributed by atoms with Gasteiger partial charge in [0.15, 0.2) is 5.13 Å². The van der Waals surface area contributed by atoms with Crippen molar-refractivity contribution in [2.24, 2.45) is 0 Å². The molecule has 10 heteroatoms. The summed E-state index contributed by atoms with van der Waals surface area (Å²) in [6.45, 7) is 6.40. The summed E-state index contributed by atoms with van der Waals surface area (Å²) in [5, 5.41) is 4.45. The first-order valence-electron chi connectivity index (χ1n) is 10.3. The fourth-order valence-corrected chi connectivity index (χ4v) is 3.74. The van der Waals surface area contributed by atoms with E-state index in [2.05, 4.69) is 10.3 Å². The van der Waals surface area contributed by atoms with E-state index in [1.54, 1.807) is 50.4 Å². The summed E-state index contributed by atoms with van der Waals surface area (Å²) in [6.07, 6.45) is -0.641. The number of ether oxygens (including phenoxy) is 2. The molecule has 0 aliphatic rings. The molecular formula is C24H24FN3O5S. The van der Waals surface area contributed by atoms with Crippen molar-refractivity contribution in [2.75, 3.05) is 10.2 Å². The lowest BCUT2D eigenvalue weighted by Gasteiger charge is -2.19. The molecule has 1 N–H and O–H groups in total. The number of nitrogens with one attached hydrogen (secondary N) is 1. The van der Waals surface area contributed by atoms with E-state index in [0.29, 0.717) is 11.4 Å². The molecule has 3 rings (SSSR count). The molecule has 3 aromatic rings. The second kappa shape index (κ2) is 10.4. The molecule has 0 saturated heterocycles. The predicted octanol–water partition coefficient (Wildman–Crippen LogP) is 5.67. The number of para-hydroxylation sites is 1. The van der Waals surface area contributed by atoms with Crippen LogP contribution in [0.25, 0.3) is 0 Å². The molecule has 2 amide bonds. The molecule has 0 radical (unpaired) electrons. The third-order valence-electron chi connectivity index (χ3n) is 4.23. The molecule has 34 heavy (non-hydrogen) atoms. The number of carbonyl (C=O) groups is 3. The van der Waals surface area contributed by atoms with E-state index in [4.69, 9.17) is 9.47 Å². The Hall–Kier alpha value is -3.79. The van der Waals surface area contributed by atoms with Gasteiger partial charge in [0.1, 0.15) is 18.0 Å². The number of nitrogens with zero attached hydrogens (tertiary/aromatic N) is 2. The highest BCUT2D eigenvalue weighted by molar-refractivity contribution is 7.14. The van der Waals surface area contributed by atoms with Gasteiger partial charge in [0.2, 0.25) is 5.91 Å². The number of esters is 1. The Kier molecular flexibility index (Phi) is 7.62. The van der Waals surface area contributed by atoms with Gasteiger partial charge in [-0.2, -0.15) is 0 Å². The second-order valence-electron chi connectivity index (χ2n) is 8.21. The van der Waals surface area contributed by atoms with Crippen LogP contribution in [-0.2, 0) is 20.9 Å². The number of halogens is 1. The van der Waals surface area contributed by atoms with E-state index in [9.17, 15) is 18.8 Å². The van der Waals surface area contributed by atoms with Crippen molar-refractivity contribution in [1.82, 2.24) is 4.98 Å². The number of benzene rings is 2. The fraction of sp³-hybridized carbons (Fsp3) is 0.250. The highest BCUT2D eigenvalue weighted by Crippen LogP contribution is 2.31. The number of hydrogen-bond acceptors (Lipinski definition) is 7. The van der Waals surface area contributed by atoms with Crippen LogP contribution in [0.15, 0.2) is 53.9 Å². The van der Waals surface area contributed by atoms with Crippen molar-refractivity contribution < 1.29 is 28.2 Å². The van der Waals surface area contributed by atoms with Gasteiger partial charge in [0, 0.05) is 18.0 Å². The molecule has 0 spiro atoms. The first-order valence-corrected chi connectivity index (χ1v) is 11.2. The second-order valence-corrected chi connectivity index (χ2v) is 9.05. The Labute approximate surface area is 200 Å². The van der Waals surface area contributed by atoms with Gasteiger partial charge in [-0.05, 0) is 51.1 Å². The van der Waals surface area contributed by atoms with Crippen molar-refractivity contribution in [3.05, 3.63) is 71.0 Å². The van der Waals surface area contributed by atoms with Gasteiger partial charge in [-0.15, -0.1) is 11.3 Å². The zero-order valence-corrected chi connectivity index (χ0v) is 19.9. The Balaban J connectivity index is 1.65. The highest BCUT2D eigenvalue weighted by Gasteiger charge is 2.21. The first-order chi connectivity index (χ1) is 16.0. The largest absolute Gasteiger partial charge is 0.456 e. The van der Waals surface area contributed by atoms with Crippen molar-refractivity contribution in [3.8, 4) is 0 Å². The monoisotopic (exact) mass is 485 g/mol. The summed E-state index contributed by atoms with van der Waals surface area (Å²) in [5.41, 5.74) is 0.431. The first kappa shape index (κ1) is 24.8. The lowest BCUT2D eigenvalue weighted by Crippen LogP contribution is -2.27. The minimum atomic E-state index is -0.655. The van der Waals surface area contributed by atoms with Crippen molar-refractivity contribution >= 4 is 45.8 Å². The number of rotatable bonds is 6. The maximum absolute atomic E-state index is 14.2. The van der Waals surface area contributed by atoms with Crippen LogP contribution in [0.1, 0.15) is 43.7 Å². The third kappa shape index (κ3) is 6.61. The van der Waals surface area contributed by atoms with E-state index in [-0.39, 0.29) is 23.0 Å². The van der Waals surface area contributed by atoms with Gasteiger partial charge in [0.05, 0.1) is 16.9 Å². The van der Waals surface area contributed by atoms with Crippen LogP contribution in [0.2, 0.25) is 0 Å². The van der Waals surface area contributed by atoms with Crippen LogP contribution >= 0.6 is 11.3 Å². The molecule has 1 heterocycles. The molecule has 1 aromatic heterocycles. The smallest absolute Gasteiger partial charge is 0.412 e. The van der Waals surface area contributed by atoms with Gasteiger partial charge in [-0.1, -0.05) is 18.2 Å². The average Bonchev–Trinajstić information content (AvgIpc) is 3.20. The Morgan fingerprint density at radius 3 is 2.53 bits per heavy atom. The van der Waals surface area contributed by atoms with Crippen LogP contribution in [0.3, 0.4) is 0 Å². The van der Waals surface area contributed by atoms with E-state index < -0.39 is 29.4 Å². The lowest BCUT2D eigenvalue weighted by molar-refractivity contribution is -0.115. The van der Waals surface area contributed by atoms with E-state index in [1.807, 2.05) is 0 Å². The summed E-state index contributed by atoms with van der Waals surface area (Å²) in [6, 6.07) is 12.1. The van der Waals surface area contributed by atoms with Crippen LogP contribution < -0.4 is 10.2 Å². The molecule has 0 atom stereocenters. The fourth-order valence-electron chi connectivity index (χ4n) is 2.87. The van der Waals surface area contributed by atoms with Crippen molar-refractivity contribution in [1.29, 1.82) is 0 Å². The number of anilines is 3. The summed E-state index contributed by atoms with van der Waals surface area (Å²) < 4.78 is 24.7. The summed E-state index contributed by atoms with van der Waals surface area (Å²) in [4.78, 5) is 42.1. The molecular weight excluding hydrogens is 461 g/mol. The lowest BCUT2D eigenvalue weighted by atomic mass is 10.2. The molecule has 0 saturated carbocycles. The molecule has 2 aromatic carbocycles. The summed E-state index contributed by atoms with van der Waals surface area (Å²) >= 11 is 1.13. The van der Waals surface area contributed by atoms with E-state index in [1.165, 1.54) is 31.2 Å². The molecule has 0 unspecified atom stereocenters. The summed E-state index contributed by atoms with van der Waals surface area (Å²) in [7, 11) is 0. The predicted molar refractivity (Wildman–Crippen MR) is 127 cm³/mol. The van der Waals surface area contributed by atoms with Crippen LogP contribution in [-0.4, -0.2) is 28.6 Å². The average molecular weight is 486 g/mol. The van der Waals surface area contributed by atoms with Gasteiger partial charge in [-0.3, -0.25) is 15.0 Å². The van der Waals surface area contributed by atoms with Crippen LogP contribution in [0.4, 0.5) is 25.7 Å². The van der Waals surface area contributed by atoms with E-state index in [0.717, 1.165) is 16.2 Å². The van der Waals surface area contributed by atoms with Crippen LogP contribution in [0, 0.1) is 5.82 Å². The number of amides is 2. The maximum Gasteiger partial charge on any atom is 0.412 e. The quantitative estimate of drug-likeness (QED) is 0.452. The molecule has 0 fully saturated rings. The Morgan fingerprint density at radius 1 is 1.12 bits per heavy atom. The van der Waals surface area contributed by atoms with Gasteiger partial charge < -0.3 is 9.47 Å². The van der Waals surface area contributed by atoms with Crippen LogP contribution in [0.5, 0.6) is 0 Å². The van der Waals surface area contributed by atoms with Gasteiger partial charge in [0.25, 0.3) is 0 Å². The molecule has 178 valence electrons. The standard InChI is InChI=1S/C24H24FN3O5S/c1-15(29)28(20-11-6-5-10-19(20)25)22-26-18(14-34-22)13-32-21(30)16-8-7-9-17(12-16)27-23(31)33-24(2,3)4/h5-12,14H,13H2,1-4H3,(H,27,31). The number of carbonyl (C=O) groups excluding carboxylic acids is 3. The minimum Gasteiger partial charge on any atom is -0.456 e. The number of hydrogen-bond donors (Lipinski definition) is 1. The normalized spacial score (nSPS) is 11.0. The SMILES string of the molecule is CC(=O)N(c1nc(COC(=O)c2cccc(NC(=O)OC(C)(C)C)c2)cs1)c1ccccc1F. The third-order valence-corrected chi connectivity index (χ3v) is 5.11. The van der Waals surface area contributed by atoms with Gasteiger partial charge in [-0.25, -0.2) is 19.0 Å². The van der Waals surface area contributed by atoms with E-state index >= 15 is 0 Å². The van der Waals surface area contributed by atoms with Crippen molar-refractivity contribution in [3.63, 3.8) is 0 Å². The molecule has 0 aliphatic carbocycles. The molecule has 0 aliphatic heterocycles. The van der Waals surface area contributed by atoms with Gasteiger partial charge >= 0.3 is 12.1 Å². The Bertz CT molecular complexity index is 1210. The minimum absolute atomic E-state index is 0.0854. The topological polar surface area (TPSA) is 97.8 Å². The zero-order chi connectivity index (χ0) is 24.9. The zero-order valence-electron chi connectivity index (χ0n) is 19.1. The summed E-state index contributed by atoms with van der Waals surface area (Å²) in [5.74, 6) is -1.59.